The minimum absolute atomic E-state index is 0.0262. The van der Waals surface area contributed by atoms with Crippen LogP contribution in [0.5, 0.6) is 5.75 Å². The number of ketones is 1. The van der Waals surface area contributed by atoms with Crippen molar-refractivity contribution in [2.75, 3.05) is 33.4 Å². The highest BCUT2D eigenvalue weighted by Crippen LogP contribution is 2.25. The van der Waals surface area contributed by atoms with E-state index in [-0.39, 0.29) is 19.0 Å². The molecular weight excluding hydrogens is 318 g/mol. The summed E-state index contributed by atoms with van der Waals surface area (Å²) in [5, 5.41) is 18.7. The molecule has 0 radical (unpaired) electrons. The summed E-state index contributed by atoms with van der Waals surface area (Å²) in [4.78, 5) is 14.8. The fourth-order valence-corrected chi connectivity index (χ4v) is 2.91. The van der Waals surface area contributed by atoms with E-state index in [0.29, 0.717) is 25.3 Å². The number of rotatable bonds is 10. The van der Waals surface area contributed by atoms with Gasteiger partial charge in [-0.1, -0.05) is 42.5 Å². The van der Waals surface area contributed by atoms with Crippen molar-refractivity contribution in [3.05, 3.63) is 65.7 Å². The van der Waals surface area contributed by atoms with E-state index in [1.165, 1.54) is 0 Å². The fraction of sp³-hybridized carbons (Fsp3) is 0.350. The molecule has 0 aliphatic carbocycles. The number of aliphatic hydroxyl groups excluding tert-OH is 2. The molecule has 2 rings (SSSR count). The van der Waals surface area contributed by atoms with E-state index in [9.17, 15) is 15.0 Å². The van der Waals surface area contributed by atoms with Gasteiger partial charge in [0, 0.05) is 19.5 Å². The third-order valence-electron chi connectivity index (χ3n) is 4.10. The van der Waals surface area contributed by atoms with Gasteiger partial charge < -0.3 is 14.9 Å². The van der Waals surface area contributed by atoms with E-state index < -0.39 is 6.04 Å². The minimum Gasteiger partial charge on any atom is -0.497 e. The van der Waals surface area contributed by atoms with Crippen LogP contribution in [0.1, 0.15) is 17.2 Å². The number of carbonyl (C=O) groups excluding carboxylic acids is 1. The lowest BCUT2D eigenvalue weighted by atomic mass is 9.96. The Morgan fingerprint density at radius 2 is 1.60 bits per heavy atom. The quantitative estimate of drug-likeness (QED) is 0.689. The average molecular weight is 343 g/mol. The number of aliphatic hydroxyl groups is 2. The molecule has 5 nitrogen and oxygen atoms in total. The van der Waals surface area contributed by atoms with Crippen molar-refractivity contribution in [3.63, 3.8) is 0 Å². The zero-order valence-electron chi connectivity index (χ0n) is 14.5. The van der Waals surface area contributed by atoms with Gasteiger partial charge in [-0.2, -0.15) is 0 Å². The molecule has 5 heteroatoms. The Morgan fingerprint density at radius 1 is 1.00 bits per heavy atom. The number of hydrogen-bond donors (Lipinski definition) is 2. The Balaban J connectivity index is 2.30. The highest BCUT2D eigenvalue weighted by Gasteiger charge is 2.27. The van der Waals surface area contributed by atoms with Crippen molar-refractivity contribution in [1.82, 2.24) is 4.90 Å². The molecule has 2 aromatic rings. The second kappa shape index (κ2) is 9.93. The van der Waals surface area contributed by atoms with Crippen molar-refractivity contribution in [1.29, 1.82) is 0 Å². The molecular formula is C20H25NO4. The van der Waals surface area contributed by atoms with Crippen LogP contribution in [-0.4, -0.2) is 54.3 Å². The molecule has 0 saturated heterocycles. The van der Waals surface area contributed by atoms with Crippen molar-refractivity contribution >= 4 is 5.78 Å². The van der Waals surface area contributed by atoms with Crippen LogP contribution in [0.25, 0.3) is 0 Å². The Labute approximate surface area is 148 Å². The van der Waals surface area contributed by atoms with E-state index in [2.05, 4.69) is 0 Å². The van der Waals surface area contributed by atoms with Gasteiger partial charge in [-0.15, -0.1) is 0 Å². The third-order valence-corrected chi connectivity index (χ3v) is 4.10. The molecule has 0 spiro atoms. The van der Waals surface area contributed by atoms with E-state index >= 15 is 0 Å². The zero-order chi connectivity index (χ0) is 18.1. The van der Waals surface area contributed by atoms with E-state index in [0.717, 1.165) is 11.1 Å². The molecule has 0 amide bonds. The predicted molar refractivity (Wildman–Crippen MR) is 96.6 cm³/mol. The molecule has 25 heavy (non-hydrogen) atoms. The Bertz CT molecular complexity index is 637. The first kappa shape index (κ1) is 19.1. The lowest BCUT2D eigenvalue weighted by molar-refractivity contribution is -0.124. The molecule has 0 saturated carbocycles. The second-order valence-corrected chi connectivity index (χ2v) is 5.79. The van der Waals surface area contributed by atoms with Crippen molar-refractivity contribution in [3.8, 4) is 5.75 Å². The summed E-state index contributed by atoms with van der Waals surface area (Å²) in [5.41, 5.74) is 1.77. The number of hydrogen-bond acceptors (Lipinski definition) is 5. The average Bonchev–Trinajstić information content (AvgIpc) is 2.64. The molecule has 2 N–H and O–H groups in total. The summed E-state index contributed by atoms with van der Waals surface area (Å²) in [6.45, 7) is 0.478. The molecule has 0 aliphatic rings. The van der Waals surface area contributed by atoms with Crippen molar-refractivity contribution in [2.45, 2.75) is 12.5 Å². The normalized spacial score (nSPS) is 12.2. The third kappa shape index (κ3) is 5.39. The Kier molecular flexibility index (Phi) is 7.60. The number of benzene rings is 2. The number of Topliss-reactive ketones (excluding diaryl/α,β-unsaturated/α-hetero) is 1. The van der Waals surface area contributed by atoms with Crippen LogP contribution in [0.15, 0.2) is 54.6 Å². The number of methoxy groups -OCH3 is 1. The summed E-state index contributed by atoms with van der Waals surface area (Å²) in [6.07, 6.45) is 0.297. The first-order valence-corrected chi connectivity index (χ1v) is 8.36. The van der Waals surface area contributed by atoms with Crippen molar-refractivity contribution < 1.29 is 19.7 Å². The molecule has 0 heterocycles. The lowest BCUT2D eigenvalue weighted by Gasteiger charge is -2.30. The van der Waals surface area contributed by atoms with Crippen LogP contribution in [0.3, 0.4) is 0 Å². The van der Waals surface area contributed by atoms with Gasteiger partial charge in [0.15, 0.2) is 5.78 Å². The van der Waals surface area contributed by atoms with Crippen LogP contribution in [-0.2, 0) is 11.2 Å². The monoisotopic (exact) mass is 343 g/mol. The van der Waals surface area contributed by atoms with Gasteiger partial charge in [-0.25, -0.2) is 0 Å². The molecule has 0 aromatic heterocycles. The van der Waals surface area contributed by atoms with Crippen molar-refractivity contribution in [2.24, 2.45) is 0 Å². The second-order valence-electron chi connectivity index (χ2n) is 5.79. The minimum atomic E-state index is -0.523. The van der Waals surface area contributed by atoms with Gasteiger partial charge in [0.2, 0.25) is 0 Å². The van der Waals surface area contributed by atoms with Gasteiger partial charge >= 0.3 is 0 Å². The zero-order valence-corrected chi connectivity index (χ0v) is 14.5. The van der Waals surface area contributed by atoms with Gasteiger partial charge in [0.1, 0.15) is 5.75 Å². The maximum Gasteiger partial charge on any atom is 0.158 e. The van der Waals surface area contributed by atoms with Gasteiger partial charge in [-0.05, 0) is 23.3 Å². The van der Waals surface area contributed by atoms with Crippen LogP contribution < -0.4 is 4.74 Å². The van der Waals surface area contributed by atoms with Crippen LogP contribution in [0.4, 0.5) is 0 Å². The molecule has 2 aromatic carbocycles. The lowest BCUT2D eigenvalue weighted by Crippen LogP contribution is -2.38. The standard InChI is InChI=1S/C20H25NO4/c1-25-18-9-7-17(8-10-18)20(21(11-13-22)12-14-23)19(24)15-16-5-3-2-4-6-16/h2-10,20,22-23H,11-15H2,1H3. The topological polar surface area (TPSA) is 70.0 Å². The highest BCUT2D eigenvalue weighted by molar-refractivity contribution is 5.87. The highest BCUT2D eigenvalue weighted by atomic mass is 16.5. The SMILES string of the molecule is COc1ccc(C(C(=O)Cc2ccccc2)N(CCO)CCO)cc1. The largest absolute Gasteiger partial charge is 0.497 e. The first-order chi connectivity index (χ1) is 12.2. The summed E-state index contributed by atoms with van der Waals surface area (Å²) in [5.74, 6) is 0.743. The van der Waals surface area contributed by atoms with Crippen LogP contribution in [0, 0.1) is 0 Å². The van der Waals surface area contributed by atoms with E-state index in [4.69, 9.17) is 4.74 Å². The summed E-state index contributed by atoms with van der Waals surface area (Å²) in [6, 6.07) is 16.4. The van der Waals surface area contributed by atoms with E-state index in [1.54, 1.807) is 7.11 Å². The van der Waals surface area contributed by atoms with Gasteiger partial charge in [0.05, 0.1) is 26.4 Å². The van der Waals surface area contributed by atoms with E-state index in [1.807, 2.05) is 59.5 Å². The molecule has 1 atom stereocenters. The maximum absolute atomic E-state index is 13.0. The summed E-state index contributed by atoms with van der Waals surface area (Å²) >= 11 is 0. The molecule has 134 valence electrons. The molecule has 0 fully saturated rings. The Hall–Kier alpha value is -2.21. The van der Waals surface area contributed by atoms with Gasteiger partial charge in [-0.3, -0.25) is 9.69 Å². The molecule has 1 unspecified atom stereocenters. The summed E-state index contributed by atoms with van der Waals surface area (Å²) < 4.78 is 5.18. The van der Waals surface area contributed by atoms with Crippen LogP contribution in [0.2, 0.25) is 0 Å². The summed E-state index contributed by atoms with van der Waals surface area (Å²) in [7, 11) is 1.59. The maximum atomic E-state index is 13.0. The number of ether oxygens (including phenoxy) is 1. The molecule has 0 bridgehead atoms. The predicted octanol–water partition coefficient (Wildman–Crippen LogP) is 1.83. The number of carbonyl (C=O) groups is 1. The Morgan fingerprint density at radius 3 is 2.12 bits per heavy atom. The fourth-order valence-electron chi connectivity index (χ4n) is 2.91. The first-order valence-electron chi connectivity index (χ1n) is 8.36. The number of nitrogens with zero attached hydrogens (tertiary/aromatic N) is 1. The van der Waals surface area contributed by atoms with Gasteiger partial charge in [0.25, 0.3) is 0 Å². The molecule has 0 aliphatic heterocycles. The van der Waals surface area contributed by atoms with Crippen LogP contribution >= 0.6 is 0 Å². The smallest absolute Gasteiger partial charge is 0.158 e.